The fourth-order valence-electron chi connectivity index (χ4n) is 2.86. The topological polar surface area (TPSA) is 46.2 Å². The lowest BCUT2D eigenvalue weighted by Gasteiger charge is -2.36. The van der Waals surface area contributed by atoms with E-state index in [2.05, 4.69) is 12.1 Å². The van der Waals surface area contributed by atoms with E-state index in [0.717, 1.165) is 12.1 Å². The summed E-state index contributed by atoms with van der Waals surface area (Å²) in [5.41, 5.74) is 7.36. The zero-order valence-electron chi connectivity index (χ0n) is 9.73. The van der Waals surface area contributed by atoms with Crippen LogP contribution in [0.25, 0.3) is 0 Å². The minimum absolute atomic E-state index is 0.231. The van der Waals surface area contributed by atoms with E-state index in [9.17, 15) is 4.80 Å². The van der Waals surface area contributed by atoms with Crippen molar-refractivity contribution in [1.82, 2.24) is 0 Å². The van der Waals surface area contributed by atoms with E-state index in [1.165, 1.54) is 24.8 Å². The smallest absolute Gasteiger partial charge is 0.197 e. The first-order valence-electron chi connectivity index (χ1n) is 6.24. The number of hydrogen-bond acceptors (Lipinski definition) is 2. The summed E-state index contributed by atoms with van der Waals surface area (Å²) in [4.78, 5) is 10.8. The minimum Gasteiger partial charge on any atom is -0.431 e. The predicted octanol–water partition coefficient (Wildman–Crippen LogP) is 2.39. The van der Waals surface area contributed by atoms with Crippen molar-refractivity contribution in [2.75, 3.05) is 6.54 Å². The van der Waals surface area contributed by atoms with Crippen LogP contribution in [0.2, 0.25) is 12.1 Å². The van der Waals surface area contributed by atoms with Crippen LogP contribution in [0.3, 0.4) is 0 Å². The molecule has 1 aliphatic rings. The molecular weight excluding hydrogens is 214 g/mol. The molecular formula is C13H21NOSi. The Hall–Kier alpha value is -0.643. The quantitative estimate of drug-likeness (QED) is 0.790. The van der Waals surface area contributed by atoms with Gasteiger partial charge in [0.05, 0.1) is 0 Å². The summed E-state index contributed by atoms with van der Waals surface area (Å²) in [7, 11) is -2.13. The molecule has 0 spiro atoms. The van der Waals surface area contributed by atoms with Gasteiger partial charge in [-0.1, -0.05) is 49.6 Å². The van der Waals surface area contributed by atoms with E-state index in [-0.39, 0.29) is 5.54 Å². The molecule has 3 heteroatoms. The van der Waals surface area contributed by atoms with E-state index in [1.54, 1.807) is 0 Å². The second kappa shape index (κ2) is 5.12. The molecule has 0 aromatic heterocycles. The van der Waals surface area contributed by atoms with E-state index < -0.39 is 8.32 Å². The van der Waals surface area contributed by atoms with Crippen molar-refractivity contribution in [3.63, 3.8) is 0 Å². The van der Waals surface area contributed by atoms with Crippen LogP contribution >= 0.6 is 0 Å². The summed E-state index contributed by atoms with van der Waals surface area (Å²) in [5.74, 6) is 0. The molecule has 0 aliphatic carbocycles. The first-order valence-corrected chi connectivity index (χ1v) is 8.67. The lowest BCUT2D eigenvalue weighted by Crippen LogP contribution is -2.46. The molecule has 0 saturated carbocycles. The highest BCUT2D eigenvalue weighted by atomic mass is 28.4. The summed E-state index contributed by atoms with van der Waals surface area (Å²) in [6.45, 7) is 0.590. The zero-order valence-corrected chi connectivity index (χ0v) is 10.7. The number of nitrogens with two attached hydrogens (primary N) is 1. The molecule has 1 aliphatic heterocycles. The van der Waals surface area contributed by atoms with Gasteiger partial charge in [0.15, 0.2) is 8.32 Å². The summed E-state index contributed by atoms with van der Waals surface area (Å²) in [6, 6.07) is 12.4. The highest BCUT2D eigenvalue weighted by Gasteiger charge is 2.40. The van der Waals surface area contributed by atoms with Crippen LogP contribution in [-0.4, -0.2) is 19.7 Å². The van der Waals surface area contributed by atoms with E-state index >= 15 is 0 Å². The lowest BCUT2D eigenvalue weighted by molar-refractivity contribution is 0.471. The molecule has 88 valence electrons. The van der Waals surface area contributed by atoms with Crippen molar-refractivity contribution in [2.45, 2.75) is 36.9 Å². The Morgan fingerprint density at radius 1 is 1.12 bits per heavy atom. The van der Waals surface area contributed by atoms with Crippen molar-refractivity contribution in [1.29, 1.82) is 0 Å². The van der Waals surface area contributed by atoms with Gasteiger partial charge in [-0.25, -0.2) is 0 Å². The molecule has 1 unspecified atom stereocenters. The fourth-order valence-corrected chi connectivity index (χ4v) is 6.79. The van der Waals surface area contributed by atoms with Gasteiger partial charge in [0.2, 0.25) is 0 Å². The first kappa shape index (κ1) is 11.8. The molecule has 3 N–H and O–H groups in total. The highest BCUT2D eigenvalue weighted by molar-refractivity contribution is 6.74. The van der Waals surface area contributed by atoms with E-state index in [0.29, 0.717) is 6.54 Å². The van der Waals surface area contributed by atoms with Gasteiger partial charge < -0.3 is 10.5 Å². The van der Waals surface area contributed by atoms with Gasteiger partial charge in [0, 0.05) is 5.54 Å². The fraction of sp³-hybridized carbons (Fsp3) is 0.538. The second-order valence-electron chi connectivity index (χ2n) is 4.86. The van der Waals surface area contributed by atoms with Crippen molar-refractivity contribution in [2.24, 2.45) is 5.73 Å². The Bertz CT molecular complexity index is 322. The molecule has 2 rings (SSSR count). The molecule has 1 aromatic rings. The predicted molar refractivity (Wildman–Crippen MR) is 69.7 cm³/mol. The summed E-state index contributed by atoms with van der Waals surface area (Å²) < 4.78 is 0. The number of benzene rings is 1. The monoisotopic (exact) mass is 235 g/mol. The molecule has 1 atom stereocenters. The molecule has 2 nitrogen and oxygen atoms in total. The lowest BCUT2D eigenvalue weighted by atomic mass is 10.1. The third kappa shape index (κ3) is 2.37. The normalized spacial score (nSPS) is 21.6. The molecule has 1 fully saturated rings. The zero-order chi connectivity index (χ0) is 11.4. The van der Waals surface area contributed by atoms with Crippen LogP contribution < -0.4 is 5.73 Å². The van der Waals surface area contributed by atoms with Gasteiger partial charge in [0.25, 0.3) is 0 Å². The third-order valence-corrected chi connectivity index (χ3v) is 8.11. The molecule has 16 heavy (non-hydrogen) atoms. The number of hydrogen-bond donors (Lipinski definition) is 2. The minimum atomic E-state index is -2.13. The van der Waals surface area contributed by atoms with Gasteiger partial charge >= 0.3 is 0 Å². The Morgan fingerprint density at radius 2 is 1.75 bits per heavy atom. The highest BCUT2D eigenvalue weighted by Crippen LogP contribution is 2.36. The summed E-state index contributed by atoms with van der Waals surface area (Å²) in [5, 5.41) is 0. The average Bonchev–Trinajstić information content (AvgIpc) is 2.32. The van der Waals surface area contributed by atoms with Crippen molar-refractivity contribution in [3.8, 4) is 0 Å². The van der Waals surface area contributed by atoms with Gasteiger partial charge in [-0.2, -0.15) is 0 Å². The molecule has 0 bridgehead atoms. The van der Waals surface area contributed by atoms with Gasteiger partial charge in [-0.15, -0.1) is 0 Å². The Labute approximate surface area is 98.6 Å². The maximum absolute atomic E-state index is 10.8. The maximum Gasteiger partial charge on any atom is 0.197 e. The SMILES string of the molecule is NCC(c1ccccc1)[Si]1(O)CCCCC1. The number of rotatable bonds is 3. The van der Waals surface area contributed by atoms with Gasteiger partial charge in [0.1, 0.15) is 0 Å². The van der Waals surface area contributed by atoms with Crippen LogP contribution in [0.15, 0.2) is 30.3 Å². The Balaban J connectivity index is 2.21. The Morgan fingerprint density at radius 3 is 2.31 bits per heavy atom. The van der Waals surface area contributed by atoms with Gasteiger partial charge in [-0.05, 0) is 24.2 Å². The molecule has 0 radical (unpaired) electrons. The average molecular weight is 235 g/mol. The molecule has 1 heterocycles. The molecule has 1 saturated heterocycles. The van der Waals surface area contributed by atoms with Crippen molar-refractivity contribution in [3.05, 3.63) is 35.9 Å². The largest absolute Gasteiger partial charge is 0.431 e. The van der Waals surface area contributed by atoms with Gasteiger partial charge in [-0.3, -0.25) is 0 Å². The van der Waals surface area contributed by atoms with Crippen molar-refractivity contribution >= 4 is 8.32 Å². The second-order valence-corrected chi connectivity index (χ2v) is 8.77. The van der Waals surface area contributed by atoms with E-state index in [4.69, 9.17) is 5.73 Å². The van der Waals surface area contributed by atoms with Crippen LogP contribution in [0.5, 0.6) is 0 Å². The molecule has 0 amide bonds. The Kier molecular flexibility index (Phi) is 3.79. The first-order chi connectivity index (χ1) is 7.76. The molecule has 1 aromatic carbocycles. The van der Waals surface area contributed by atoms with Crippen LogP contribution in [0, 0.1) is 0 Å². The van der Waals surface area contributed by atoms with Crippen LogP contribution in [0.1, 0.15) is 30.4 Å². The third-order valence-electron chi connectivity index (χ3n) is 3.81. The maximum atomic E-state index is 10.8. The van der Waals surface area contributed by atoms with Crippen LogP contribution in [-0.2, 0) is 0 Å². The van der Waals surface area contributed by atoms with Crippen LogP contribution in [0.4, 0.5) is 0 Å². The summed E-state index contributed by atoms with van der Waals surface area (Å²) >= 11 is 0. The van der Waals surface area contributed by atoms with Crippen molar-refractivity contribution < 1.29 is 4.80 Å². The van der Waals surface area contributed by atoms with E-state index in [1.807, 2.05) is 18.2 Å². The summed E-state index contributed by atoms with van der Waals surface area (Å²) in [6.07, 6.45) is 3.65. The standard InChI is InChI=1S/C13H21NOSi/c14-11-13(12-7-3-1-4-8-12)16(15)9-5-2-6-10-16/h1,3-4,7-8,13,15H,2,5-6,9-11,14H2.